The molecule has 0 saturated heterocycles. The average Bonchev–Trinajstić information content (AvgIpc) is 2.51. The van der Waals surface area contributed by atoms with Gasteiger partial charge in [-0.1, -0.05) is 24.6 Å². The van der Waals surface area contributed by atoms with Gasteiger partial charge in [-0.3, -0.25) is 0 Å². The van der Waals surface area contributed by atoms with Crippen LogP contribution in [0.2, 0.25) is 0 Å². The minimum atomic E-state index is -1.39. The number of aliphatic hydroxyl groups excluding tert-OH is 1. The van der Waals surface area contributed by atoms with Crippen molar-refractivity contribution in [3.63, 3.8) is 0 Å². The summed E-state index contributed by atoms with van der Waals surface area (Å²) in [5.74, 6) is -1.19. The van der Waals surface area contributed by atoms with Crippen LogP contribution in [0.15, 0.2) is 18.2 Å². The number of carboxylic acid groups (broad SMARTS) is 1. The van der Waals surface area contributed by atoms with E-state index in [1.54, 1.807) is 6.07 Å². The van der Waals surface area contributed by atoms with Gasteiger partial charge in [-0.2, -0.15) is 0 Å². The van der Waals surface area contributed by atoms with Gasteiger partial charge in [0.15, 0.2) is 6.10 Å². The third kappa shape index (κ3) is 2.25. The van der Waals surface area contributed by atoms with E-state index in [-0.39, 0.29) is 0 Å². The molecule has 1 aliphatic rings. The first kappa shape index (κ1) is 11.1. The van der Waals surface area contributed by atoms with Crippen LogP contribution in [0.1, 0.15) is 42.1 Å². The zero-order chi connectivity index (χ0) is 11.5. The van der Waals surface area contributed by atoms with Crippen LogP contribution in [0.3, 0.4) is 0 Å². The second-order valence-corrected chi connectivity index (χ2v) is 4.33. The zero-order valence-corrected chi connectivity index (χ0v) is 9.15. The number of aliphatic carboxylic acids is 1. The maximum Gasteiger partial charge on any atom is 0.337 e. The zero-order valence-electron chi connectivity index (χ0n) is 9.15. The number of hydrogen-bond donors (Lipinski definition) is 2. The molecule has 1 atom stereocenters. The first-order chi connectivity index (χ1) is 7.68. The highest BCUT2D eigenvalue weighted by molar-refractivity contribution is 5.74. The summed E-state index contributed by atoms with van der Waals surface area (Å²) < 4.78 is 0. The normalized spacial score (nSPS) is 17.3. The van der Waals surface area contributed by atoms with Crippen LogP contribution in [0.25, 0.3) is 0 Å². The number of benzene rings is 1. The summed E-state index contributed by atoms with van der Waals surface area (Å²) in [6.45, 7) is 0. The molecule has 2 N–H and O–H groups in total. The van der Waals surface area contributed by atoms with Crippen LogP contribution in [0.4, 0.5) is 0 Å². The molecule has 0 saturated carbocycles. The van der Waals surface area contributed by atoms with Crippen molar-refractivity contribution >= 4 is 5.97 Å². The number of rotatable bonds is 2. The Morgan fingerprint density at radius 2 is 1.81 bits per heavy atom. The van der Waals surface area contributed by atoms with Gasteiger partial charge in [-0.25, -0.2) is 4.79 Å². The Hall–Kier alpha value is -1.35. The second kappa shape index (κ2) is 4.66. The molecule has 0 spiro atoms. The van der Waals surface area contributed by atoms with E-state index in [1.165, 1.54) is 24.0 Å². The molecule has 0 fully saturated rings. The number of aliphatic hydroxyl groups is 1. The first-order valence-corrected chi connectivity index (χ1v) is 5.71. The molecule has 0 heterocycles. The molecule has 3 heteroatoms. The highest BCUT2D eigenvalue weighted by atomic mass is 16.4. The van der Waals surface area contributed by atoms with Crippen molar-refractivity contribution in [2.24, 2.45) is 0 Å². The molecule has 0 aliphatic heterocycles. The predicted molar refractivity (Wildman–Crippen MR) is 60.3 cm³/mol. The molecule has 1 aliphatic carbocycles. The fourth-order valence-corrected chi connectivity index (χ4v) is 2.24. The highest BCUT2D eigenvalue weighted by Gasteiger charge is 2.17. The molecule has 0 amide bonds. The number of carboxylic acids is 1. The van der Waals surface area contributed by atoms with Gasteiger partial charge in [0.1, 0.15) is 0 Å². The minimum Gasteiger partial charge on any atom is -0.479 e. The van der Waals surface area contributed by atoms with E-state index in [0.717, 1.165) is 19.3 Å². The maximum absolute atomic E-state index is 10.7. The molecule has 2 rings (SSSR count). The lowest BCUT2D eigenvalue weighted by atomic mass is 9.98. The van der Waals surface area contributed by atoms with Crippen LogP contribution < -0.4 is 0 Å². The number of fused-ring (bicyclic) bond motifs is 1. The van der Waals surface area contributed by atoms with Gasteiger partial charge >= 0.3 is 5.97 Å². The molecule has 0 bridgehead atoms. The van der Waals surface area contributed by atoms with Crippen molar-refractivity contribution in [1.82, 2.24) is 0 Å². The Kier molecular flexibility index (Phi) is 3.25. The number of aryl methyl sites for hydroxylation is 2. The quantitative estimate of drug-likeness (QED) is 0.750. The summed E-state index contributed by atoms with van der Waals surface area (Å²) in [6, 6.07) is 5.53. The lowest BCUT2D eigenvalue weighted by Crippen LogP contribution is -2.11. The Bertz CT molecular complexity index is 398. The summed E-state index contributed by atoms with van der Waals surface area (Å²) in [7, 11) is 0. The summed E-state index contributed by atoms with van der Waals surface area (Å²) in [6.07, 6.45) is 4.25. The Balaban J connectivity index is 2.30. The molecule has 0 radical (unpaired) electrons. The SMILES string of the molecule is O=C(O)C(O)c1ccc2c(c1)CCCCC2. The predicted octanol–water partition coefficient (Wildman–Crippen LogP) is 2.07. The number of hydrogen-bond acceptors (Lipinski definition) is 2. The standard InChI is InChI=1S/C13H16O3/c14-12(13(15)16)11-7-6-9-4-2-1-3-5-10(9)8-11/h6-8,12,14H,1-5H2,(H,15,16). The molecular weight excluding hydrogens is 204 g/mol. The molecular formula is C13H16O3. The Morgan fingerprint density at radius 3 is 2.50 bits per heavy atom. The van der Waals surface area contributed by atoms with Crippen molar-refractivity contribution < 1.29 is 15.0 Å². The smallest absolute Gasteiger partial charge is 0.337 e. The third-order valence-electron chi connectivity index (χ3n) is 3.17. The van der Waals surface area contributed by atoms with Crippen LogP contribution in [0, 0.1) is 0 Å². The van der Waals surface area contributed by atoms with Gasteiger partial charge in [0.2, 0.25) is 0 Å². The molecule has 1 aromatic carbocycles. The van der Waals surface area contributed by atoms with Crippen LogP contribution in [-0.2, 0) is 17.6 Å². The highest BCUT2D eigenvalue weighted by Crippen LogP contribution is 2.24. The van der Waals surface area contributed by atoms with Gasteiger partial charge in [-0.15, -0.1) is 0 Å². The summed E-state index contributed by atoms with van der Waals surface area (Å²) in [5.41, 5.74) is 3.00. The largest absolute Gasteiger partial charge is 0.479 e. The first-order valence-electron chi connectivity index (χ1n) is 5.71. The van der Waals surface area contributed by atoms with Crippen molar-refractivity contribution in [3.05, 3.63) is 34.9 Å². The van der Waals surface area contributed by atoms with Gasteiger partial charge in [0.25, 0.3) is 0 Å². The topological polar surface area (TPSA) is 57.5 Å². The van der Waals surface area contributed by atoms with Crippen LogP contribution >= 0.6 is 0 Å². The minimum absolute atomic E-state index is 0.494. The van der Waals surface area contributed by atoms with E-state index in [2.05, 4.69) is 0 Å². The Labute approximate surface area is 94.7 Å². The molecule has 86 valence electrons. The Morgan fingerprint density at radius 1 is 1.12 bits per heavy atom. The van der Waals surface area contributed by atoms with Crippen molar-refractivity contribution in [2.45, 2.75) is 38.2 Å². The summed E-state index contributed by atoms with van der Waals surface area (Å²) >= 11 is 0. The third-order valence-corrected chi connectivity index (χ3v) is 3.17. The van der Waals surface area contributed by atoms with Crippen LogP contribution in [-0.4, -0.2) is 16.2 Å². The van der Waals surface area contributed by atoms with E-state index in [1.807, 2.05) is 12.1 Å². The maximum atomic E-state index is 10.7. The summed E-state index contributed by atoms with van der Waals surface area (Å²) in [5, 5.41) is 18.2. The van der Waals surface area contributed by atoms with Gasteiger partial charge < -0.3 is 10.2 Å². The van der Waals surface area contributed by atoms with Gasteiger partial charge in [0, 0.05) is 0 Å². The van der Waals surface area contributed by atoms with E-state index in [9.17, 15) is 9.90 Å². The molecule has 1 unspecified atom stereocenters. The fraction of sp³-hybridized carbons (Fsp3) is 0.462. The van der Waals surface area contributed by atoms with Crippen molar-refractivity contribution in [1.29, 1.82) is 0 Å². The molecule has 16 heavy (non-hydrogen) atoms. The molecule has 0 aromatic heterocycles. The fourth-order valence-electron chi connectivity index (χ4n) is 2.24. The van der Waals surface area contributed by atoms with Gasteiger partial charge in [0.05, 0.1) is 0 Å². The van der Waals surface area contributed by atoms with Crippen molar-refractivity contribution in [3.8, 4) is 0 Å². The summed E-state index contributed by atoms with van der Waals surface area (Å²) in [4.78, 5) is 10.7. The van der Waals surface area contributed by atoms with Crippen molar-refractivity contribution in [2.75, 3.05) is 0 Å². The van der Waals surface area contributed by atoms with Gasteiger partial charge in [-0.05, 0) is 42.4 Å². The molecule has 3 nitrogen and oxygen atoms in total. The van der Waals surface area contributed by atoms with E-state index < -0.39 is 12.1 Å². The average molecular weight is 220 g/mol. The second-order valence-electron chi connectivity index (χ2n) is 4.33. The monoisotopic (exact) mass is 220 g/mol. The van der Waals surface area contributed by atoms with Crippen LogP contribution in [0.5, 0.6) is 0 Å². The van der Waals surface area contributed by atoms with E-state index in [0.29, 0.717) is 5.56 Å². The van der Waals surface area contributed by atoms with E-state index in [4.69, 9.17) is 5.11 Å². The molecule has 1 aromatic rings. The number of carbonyl (C=O) groups is 1. The van der Waals surface area contributed by atoms with E-state index >= 15 is 0 Å². The lowest BCUT2D eigenvalue weighted by Gasteiger charge is -2.10. The lowest BCUT2D eigenvalue weighted by molar-refractivity contribution is -0.146.